The lowest BCUT2D eigenvalue weighted by Gasteiger charge is -2.28. The van der Waals surface area contributed by atoms with Crippen molar-refractivity contribution in [1.82, 2.24) is 19.4 Å². The number of rotatable bonds is 9. The van der Waals surface area contributed by atoms with Crippen molar-refractivity contribution >= 4 is 10.0 Å². The molecule has 7 heteroatoms. The molecule has 0 saturated carbocycles. The summed E-state index contributed by atoms with van der Waals surface area (Å²) in [4.78, 5) is 4.31. The molecule has 120 valence electrons. The van der Waals surface area contributed by atoms with E-state index in [4.69, 9.17) is 0 Å². The van der Waals surface area contributed by atoms with Gasteiger partial charge in [-0.05, 0) is 27.1 Å². The summed E-state index contributed by atoms with van der Waals surface area (Å²) in [6, 6.07) is 0. The van der Waals surface area contributed by atoms with E-state index in [9.17, 15) is 8.42 Å². The van der Waals surface area contributed by atoms with Gasteiger partial charge in [-0.1, -0.05) is 6.92 Å². The van der Waals surface area contributed by atoms with Crippen molar-refractivity contribution in [3.63, 3.8) is 0 Å². The Labute approximate surface area is 124 Å². The lowest BCUT2D eigenvalue weighted by molar-refractivity contribution is 0.252. The molecule has 0 spiro atoms. The van der Waals surface area contributed by atoms with Gasteiger partial charge in [0.25, 0.3) is 0 Å². The number of piperazine rings is 1. The highest BCUT2D eigenvalue weighted by molar-refractivity contribution is 7.89. The number of nitrogens with one attached hydrogen (secondary N) is 1. The Morgan fingerprint density at radius 2 is 1.80 bits per heavy atom. The number of nitrogens with zero attached hydrogens (tertiary/aromatic N) is 3. The van der Waals surface area contributed by atoms with Gasteiger partial charge in [0.2, 0.25) is 10.0 Å². The molecule has 0 aromatic carbocycles. The van der Waals surface area contributed by atoms with Crippen molar-refractivity contribution in [2.45, 2.75) is 13.3 Å². The molecule has 1 heterocycles. The summed E-state index contributed by atoms with van der Waals surface area (Å²) in [5.41, 5.74) is 0. The standard InChI is InChI=1S/C13H30N4O2S/c1-4-17(9-5-8-15(2)3)20(18,19)13-12-16-10-6-14-7-11-16/h14H,4-13H2,1-3H3. The van der Waals surface area contributed by atoms with Gasteiger partial charge < -0.3 is 10.2 Å². The molecule has 6 nitrogen and oxygen atoms in total. The van der Waals surface area contributed by atoms with E-state index in [1.807, 2.05) is 21.0 Å². The third-order valence-corrected chi connectivity index (χ3v) is 5.56. The molecule has 0 unspecified atom stereocenters. The predicted molar refractivity (Wildman–Crippen MR) is 83.5 cm³/mol. The smallest absolute Gasteiger partial charge is 0.215 e. The fraction of sp³-hybridized carbons (Fsp3) is 1.00. The van der Waals surface area contributed by atoms with Crippen LogP contribution in [-0.4, -0.2) is 94.7 Å². The Morgan fingerprint density at radius 3 is 2.35 bits per heavy atom. The third kappa shape index (κ3) is 6.49. The summed E-state index contributed by atoms with van der Waals surface area (Å²) in [7, 11) is 0.901. The Morgan fingerprint density at radius 1 is 1.15 bits per heavy atom. The topological polar surface area (TPSA) is 55.9 Å². The van der Waals surface area contributed by atoms with E-state index in [1.54, 1.807) is 4.31 Å². The molecule has 1 rings (SSSR count). The van der Waals surface area contributed by atoms with Crippen LogP contribution in [0.15, 0.2) is 0 Å². The summed E-state index contributed by atoms with van der Waals surface area (Å²) in [6.45, 7) is 8.48. The molecule has 0 amide bonds. The fourth-order valence-corrected chi connectivity index (χ4v) is 3.91. The van der Waals surface area contributed by atoms with Gasteiger partial charge in [-0.25, -0.2) is 12.7 Å². The second-order valence-corrected chi connectivity index (χ2v) is 7.64. The van der Waals surface area contributed by atoms with Crippen LogP contribution in [0.2, 0.25) is 0 Å². The zero-order valence-electron chi connectivity index (χ0n) is 13.1. The van der Waals surface area contributed by atoms with Gasteiger partial charge in [0, 0.05) is 45.8 Å². The third-order valence-electron chi connectivity index (χ3n) is 3.63. The van der Waals surface area contributed by atoms with E-state index in [2.05, 4.69) is 15.1 Å². The largest absolute Gasteiger partial charge is 0.314 e. The van der Waals surface area contributed by atoms with Gasteiger partial charge in [0.05, 0.1) is 5.75 Å². The molecule has 0 aromatic heterocycles. The monoisotopic (exact) mass is 306 g/mol. The molecule has 1 aliphatic rings. The fourth-order valence-electron chi connectivity index (χ4n) is 2.37. The van der Waals surface area contributed by atoms with Crippen LogP contribution in [0.3, 0.4) is 0 Å². The minimum Gasteiger partial charge on any atom is -0.314 e. The maximum Gasteiger partial charge on any atom is 0.215 e. The van der Waals surface area contributed by atoms with Crippen molar-refractivity contribution in [3.8, 4) is 0 Å². The van der Waals surface area contributed by atoms with Gasteiger partial charge in [-0.15, -0.1) is 0 Å². The summed E-state index contributed by atoms with van der Waals surface area (Å²) in [5.74, 6) is 0.239. The lowest BCUT2D eigenvalue weighted by Crippen LogP contribution is -2.46. The highest BCUT2D eigenvalue weighted by Crippen LogP contribution is 2.04. The molecule has 0 radical (unpaired) electrons. The van der Waals surface area contributed by atoms with Crippen molar-refractivity contribution in [2.75, 3.05) is 72.2 Å². The second-order valence-electron chi connectivity index (χ2n) is 5.56. The van der Waals surface area contributed by atoms with Crippen molar-refractivity contribution in [3.05, 3.63) is 0 Å². The van der Waals surface area contributed by atoms with Crippen LogP contribution in [-0.2, 0) is 10.0 Å². The van der Waals surface area contributed by atoms with Crippen molar-refractivity contribution in [2.24, 2.45) is 0 Å². The van der Waals surface area contributed by atoms with Crippen LogP contribution in [0.5, 0.6) is 0 Å². The molecule has 0 bridgehead atoms. The molecular weight excluding hydrogens is 276 g/mol. The van der Waals surface area contributed by atoms with E-state index >= 15 is 0 Å². The summed E-state index contributed by atoms with van der Waals surface area (Å²) in [6.07, 6.45) is 0.883. The summed E-state index contributed by atoms with van der Waals surface area (Å²) >= 11 is 0. The van der Waals surface area contributed by atoms with Crippen LogP contribution in [0.1, 0.15) is 13.3 Å². The second kappa shape index (κ2) is 8.94. The number of hydrogen-bond donors (Lipinski definition) is 1. The van der Waals surface area contributed by atoms with Gasteiger partial charge in [-0.2, -0.15) is 0 Å². The molecular formula is C13H30N4O2S. The Hall–Kier alpha value is -0.210. The molecule has 1 aliphatic heterocycles. The zero-order valence-corrected chi connectivity index (χ0v) is 14.0. The molecule has 1 fully saturated rings. The van der Waals surface area contributed by atoms with Crippen LogP contribution in [0.4, 0.5) is 0 Å². The first kappa shape index (κ1) is 17.8. The average Bonchev–Trinajstić information content (AvgIpc) is 2.42. The zero-order chi connectivity index (χ0) is 15.0. The highest BCUT2D eigenvalue weighted by atomic mass is 32.2. The summed E-state index contributed by atoms with van der Waals surface area (Å²) < 4.78 is 26.3. The SMILES string of the molecule is CCN(CCCN(C)C)S(=O)(=O)CCN1CCNCC1. The van der Waals surface area contributed by atoms with Crippen molar-refractivity contribution < 1.29 is 8.42 Å². The Kier molecular flexibility index (Phi) is 7.98. The molecule has 1 saturated heterocycles. The van der Waals surface area contributed by atoms with Crippen LogP contribution >= 0.6 is 0 Å². The molecule has 20 heavy (non-hydrogen) atoms. The average molecular weight is 306 g/mol. The summed E-state index contributed by atoms with van der Waals surface area (Å²) in [5, 5.41) is 3.28. The minimum atomic E-state index is -3.12. The van der Waals surface area contributed by atoms with Crippen LogP contribution in [0, 0.1) is 0 Å². The van der Waals surface area contributed by atoms with E-state index in [1.165, 1.54) is 0 Å². The van der Waals surface area contributed by atoms with E-state index < -0.39 is 10.0 Å². The number of hydrogen-bond acceptors (Lipinski definition) is 5. The lowest BCUT2D eigenvalue weighted by atomic mass is 10.4. The van der Waals surface area contributed by atoms with E-state index in [0.717, 1.165) is 39.1 Å². The molecule has 0 aliphatic carbocycles. The van der Waals surface area contributed by atoms with Gasteiger partial charge in [0.15, 0.2) is 0 Å². The van der Waals surface area contributed by atoms with Gasteiger partial charge in [-0.3, -0.25) is 4.90 Å². The quantitative estimate of drug-likeness (QED) is 0.622. The number of sulfonamides is 1. The Balaban J connectivity index is 2.38. The molecule has 0 aromatic rings. The molecule has 1 N–H and O–H groups in total. The van der Waals surface area contributed by atoms with E-state index in [0.29, 0.717) is 19.6 Å². The van der Waals surface area contributed by atoms with E-state index in [-0.39, 0.29) is 5.75 Å². The first-order valence-corrected chi connectivity index (χ1v) is 9.12. The first-order valence-electron chi connectivity index (χ1n) is 7.51. The highest BCUT2D eigenvalue weighted by Gasteiger charge is 2.21. The molecule has 0 atom stereocenters. The first-order chi connectivity index (χ1) is 9.45. The van der Waals surface area contributed by atoms with Gasteiger partial charge in [0.1, 0.15) is 0 Å². The van der Waals surface area contributed by atoms with Gasteiger partial charge >= 0.3 is 0 Å². The van der Waals surface area contributed by atoms with Crippen molar-refractivity contribution in [1.29, 1.82) is 0 Å². The maximum atomic E-state index is 12.4. The minimum absolute atomic E-state index is 0.239. The Bertz CT molecular complexity index is 353. The van der Waals surface area contributed by atoms with Crippen LogP contribution in [0.25, 0.3) is 0 Å². The van der Waals surface area contributed by atoms with Crippen LogP contribution < -0.4 is 5.32 Å². The predicted octanol–water partition coefficient (Wildman–Crippen LogP) is -0.505. The normalized spacial score (nSPS) is 18.1. The maximum absolute atomic E-state index is 12.4.